The largest absolute Gasteiger partial charge is 0.317 e. The van der Waals surface area contributed by atoms with Gasteiger partial charge in [0.15, 0.2) is 0 Å². The van der Waals surface area contributed by atoms with E-state index in [2.05, 4.69) is 255 Å². The minimum Gasteiger partial charge on any atom is -0.317 e. The van der Waals surface area contributed by atoms with Gasteiger partial charge in [-0.2, -0.15) is 5.26 Å². The van der Waals surface area contributed by atoms with Crippen LogP contribution in [0.25, 0.3) is 147 Å². The van der Waals surface area contributed by atoms with E-state index in [0.29, 0.717) is 28.3 Å². The first kappa shape index (κ1) is 40.3. The minimum atomic E-state index is 0.361. The molecule has 4 aromatic heterocycles. The highest BCUT2D eigenvalue weighted by Crippen LogP contribution is 2.53. The number of fused-ring (bicyclic) bond motifs is 18. The van der Waals surface area contributed by atoms with Crippen LogP contribution in [0.15, 0.2) is 231 Å². The third-order valence-electron chi connectivity index (χ3n) is 15.8. The van der Waals surface area contributed by atoms with Gasteiger partial charge < -0.3 is 18.3 Å². The Morgan fingerprint density at radius 3 is 0.959 bits per heavy atom. The van der Waals surface area contributed by atoms with Crippen LogP contribution in [-0.2, 0) is 0 Å². The number of rotatable bonds is 4. The Morgan fingerprint density at radius 2 is 0.581 bits per heavy atom. The van der Waals surface area contributed by atoms with Gasteiger partial charge in [-0.3, -0.25) is 0 Å². The second-order valence-corrected chi connectivity index (χ2v) is 19.3. The Kier molecular flexibility index (Phi) is 8.21. The van der Waals surface area contributed by atoms with E-state index in [4.69, 9.17) is 4.85 Å². The van der Waals surface area contributed by atoms with Crippen LogP contribution in [0.4, 0.5) is 5.69 Å². The van der Waals surface area contributed by atoms with Gasteiger partial charge in [-0.15, -0.1) is 0 Å². The van der Waals surface area contributed by atoms with Crippen molar-refractivity contribution >= 4 is 125 Å². The summed E-state index contributed by atoms with van der Waals surface area (Å²) in [6.07, 6.45) is 0. The van der Waals surface area contributed by atoms with E-state index in [0.717, 1.165) is 125 Å². The van der Waals surface area contributed by atoms with E-state index in [-0.39, 0.29) is 0 Å². The maximum absolute atomic E-state index is 12.6. The summed E-state index contributed by atoms with van der Waals surface area (Å²) in [5.74, 6) is 0. The molecule has 0 unspecified atom stereocenters. The molecule has 16 aromatic rings. The number of hydrogen-bond acceptors (Lipinski definition) is 1. The van der Waals surface area contributed by atoms with Crippen molar-refractivity contribution in [3.63, 3.8) is 0 Å². The van der Waals surface area contributed by atoms with Crippen LogP contribution in [-0.4, -0.2) is 18.3 Å². The fourth-order valence-corrected chi connectivity index (χ4v) is 12.9. The molecular formula is C68H38N6. The van der Waals surface area contributed by atoms with Crippen molar-refractivity contribution in [2.75, 3.05) is 0 Å². The molecule has 4 heterocycles. The third kappa shape index (κ3) is 5.20. The molecule has 0 aliphatic rings. The van der Waals surface area contributed by atoms with E-state index in [1.807, 2.05) is 0 Å². The van der Waals surface area contributed by atoms with Crippen LogP contribution in [0.3, 0.4) is 0 Å². The number of aromatic nitrogens is 4. The van der Waals surface area contributed by atoms with Gasteiger partial charge in [0.1, 0.15) is 6.07 Å². The summed E-state index contributed by atoms with van der Waals surface area (Å²) < 4.78 is 9.24. The Labute approximate surface area is 423 Å². The summed E-state index contributed by atoms with van der Waals surface area (Å²) in [6, 6.07) is 84.5. The van der Waals surface area contributed by atoms with Crippen LogP contribution in [0, 0.1) is 17.9 Å². The van der Waals surface area contributed by atoms with Crippen LogP contribution >= 0.6 is 0 Å². The Hall–Kier alpha value is -10.4. The quantitative estimate of drug-likeness (QED) is 0.162. The summed E-state index contributed by atoms with van der Waals surface area (Å²) in [6.45, 7) is 9.82. The molecular weight excluding hydrogens is 901 g/mol. The molecule has 16 rings (SSSR count). The first-order valence-corrected chi connectivity index (χ1v) is 25.0. The maximum Gasteiger partial charge on any atom is 0.237 e. The second kappa shape index (κ2) is 15.1. The topological polar surface area (TPSA) is 47.9 Å². The van der Waals surface area contributed by atoms with Crippen molar-refractivity contribution in [1.82, 2.24) is 18.3 Å². The molecule has 6 heteroatoms. The average Bonchev–Trinajstić information content (AvgIpc) is 4.19. The van der Waals surface area contributed by atoms with E-state index >= 15 is 0 Å². The van der Waals surface area contributed by atoms with Crippen molar-refractivity contribution in [2.24, 2.45) is 0 Å². The second-order valence-electron chi connectivity index (χ2n) is 19.3. The molecule has 0 saturated carbocycles. The average molecular weight is 939 g/mol. The SMILES string of the molecule is [C-]#[N+]c1c(-n2c3ccccc3c3c4ccccc4ccc32)c(C#N)c(-n2c3ccccc3c3c4ccccc4ccc32)c(-n2c3ccccc3c3ccccc32)c1-n1c2ccccc2c2c3ccccc3ccc21. The molecule has 74 heavy (non-hydrogen) atoms. The minimum absolute atomic E-state index is 0.361. The first-order valence-electron chi connectivity index (χ1n) is 25.0. The van der Waals surface area contributed by atoms with Crippen molar-refractivity contribution in [1.29, 1.82) is 5.26 Å². The molecule has 0 aliphatic carbocycles. The highest BCUT2D eigenvalue weighted by molar-refractivity contribution is 6.25. The number of hydrogen-bond donors (Lipinski definition) is 0. The van der Waals surface area contributed by atoms with Crippen LogP contribution in [0.5, 0.6) is 0 Å². The maximum atomic E-state index is 12.6. The Balaban J connectivity index is 1.25. The molecule has 340 valence electrons. The molecule has 6 nitrogen and oxygen atoms in total. The van der Waals surface area contributed by atoms with Gasteiger partial charge in [0.25, 0.3) is 0 Å². The van der Waals surface area contributed by atoms with E-state index in [9.17, 15) is 11.8 Å². The monoisotopic (exact) mass is 938 g/mol. The van der Waals surface area contributed by atoms with Gasteiger partial charge in [-0.25, -0.2) is 4.85 Å². The van der Waals surface area contributed by atoms with Crippen LogP contribution in [0.2, 0.25) is 0 Å². The molecule has 0 N–H and O–H groups in total. The van der Waals surface area contributed by atoms with Gasteiger partial charge in [-0.1, -0.05) is 182 Å². The highest BCUT2D eigenvalue weighted by Gasteiger charge is 2.35. The van der Waals surface area contributed by atoms with E-state index in [1.54, 1.807) is 0 Å². The van der Waals surface area contributed by atoms with Gasteiger partial charge in [0.05, 0.1) is 79.0 Å². The molecule has 0 fully saturated rings. The number of nitrogens with zero attached hydrogens (tertiary/aromatic N) is 6. The number of benzene rings is 12. The molecule has 0 atom stereocenters. The van der Waals surface area contributed by atoms with Gasteiger partial charge in [0.2, 0.25) is 5.69 Å². The van der Waals surface area contributed by atoms with E-state index < -0.39 is 0 Å². The molecule has 0 amide bonds. The van der Waals surface area contributed by atoms with Gasteiger partial charge >= 0.3 is 0 Å². The van der Waals surface area contributed by atoms with Gasteiger partial charge in [0, 0.05) is 43.1 Å². The molecule has 0 spiro atoms. The Morgan fingerprint density at radius 1 is 0.284 bits per heavy atom. The summed E-state index contributed by atoms with van der Waals surface area (Å²) in [5.41, 5.74) is 10.9. The lowest BCUT2D eigenvalue weighted by atomic mass is 10.0. The lowest BCUT2D eigenvalue weighted by molar-refractivity contribution is 1.03. The van der Waals surface area contributed by atoms with Crippen molar-refractivity contribution in [3.05, 3.63) is 248 Å². The molecule has 0 bridgehead atoms. The molecule has 12 aromatic carbocycles. The zero-order chi connectivity index (χ0) is 48.8. The molecule has 0 saturated heterocycles. The summed E-state index contributed by atoms with van der Waals surface area (Å²) in [7, 11) is 0. The van der Waals surface area contributed by atoms with E-state index in [1.165, 1.54) is 0 Å². The fraction of sp³-hybridized carbons (Fsp3) is 0. The zero-order valence-corrected chi connectivity index (χ0v) is 39.6. The summed E-state index contributed by atoms with van der Waals surface area (Å²) >= 11 is 0. The van der Waals surface area contributed by atoms with Crippen molar-refractivity contribution < 1.29 is 0 Å². The fourth-order valence-electron chi connectivity index (χ4n) is 12.9. The Bertz CT molecular complexity index is 4990. The molecule has 0 aliphatic heterocycles. The smallest absolute Gasteiger partial charge is 0.237 e. The van der Waals surface area contributed by atoms with Crippen molar-refractivity contribution in [2.45, 2.75) is 0 Å². The zero-order valence-electron chi connectivity index (χ0n) is 39.6. The van der Waals surface area contributed by atoms with Crippen molar-refractivity contribution in [3.8, 4) is 28.8 Å². The molecule has 0 radical (unpaired) electrons. The summed E-state index contributed by atoms with van der Waals surface area (Å²) in [4.78, 5) is 4.80. The summed E-state index contributed by atoms with van der Waals surface area (Å²) in [5, 5.41) is 27.9. The number of para-hydroxylation sites is 5. The predicted octanol–water partition coefficient (Wildman–Crippen LogP) is 18.0. The standard InChI is InChI=1S/C68H38N6/c1-70-64-65(72-55-31-15-10-26-49(55)61-44-21-5-2-18-41(44)34-37-58(61)72)52(40-69)66(73-56-32-16-11-27-50(56)62-45-22-6-3-19-42(45)35-38-59(62)73)68(71-53-29-13-8-24-47(53)48-25-9-14-30-54(48)71)67(64)74-57-33-17-12-28-51(57)63-46-23-7-4-20-43(46)36-39-60(63)74/h2-39H. The van der Waals surface area contributed by atoms with Crippen LogP contribution in [0.1, 0.15) is 5.56 Å². The number of nitriles is 1. The lowest BCUT2D eigenvalue weighted by Crippen LogP contribution is -2.14. The normalized spacial score (nSPS) is 12.0. The lowest BCUT2D eigenvalue weighted by Gasteiger charge is -2.27. The first-order chi connectivity index (χ1) is 36.7. The third-order valence-corrected chi connectivity index (χ3v) is 15.8. The highest BCUT2D eigenvalue weighted by atomic mass is 15.1. The van der Waals surface area contributed by atoms with Gasteiger partial charge in [-0.05, 0) is 80.8 Å². The van der Waals surface area contributed by atoms with Crippen LogP contribution < -0.4 is 0 Å². The predicted molar refractivity (Wildman–Crippen MR) is 307 cm³/mol.